The summed E-state index contributed by atoms with van der Waals surface area (Å²) in [5, 5.41) is 14.2. The van der Waals surface area contributed by atoms with Crippen LogP contribution in [-0.4, -0.2) is 107 Å². The lowest BCUT2D eigenvalue weighted by molar-refractivity contribution is -0.193. The van der Waals surface area contributed by atoms with Crippen molar-refractivity contribution in [2.45, 2.75) is 56.3 Å². The van der Waals surface area contributed by atoms with Crippen molar-refractivity contribution in [3.05, 3.63) is 18.2 Å². The average molecular weight is 564 g/mol. The van der Waals surface area contributed by atoms with Crippen molar-refractivity contribution in [3.8, 4) is 0 Å². The second kappa shape index (κ2) is 13.8. The first-order valence-electron chi connectivity index (χ1n) is 11.5. The molecule has 216 valence electrons. The number of rotatable bonds is 5. The number of ether oxygens (including phenoxy) is 2. The first-order chi connectivity index (χ1) is 17.7. The highest BCUT2D eigenvalue weighted by atomic mass is 19.4. The molecule has 0 unspecified atom stereocenters. The van der Waals surface area contributed by atoms with E-state index in [0.717, 1.165) is 32.6 Å². The lowest BCUT2D eigenvalue weighted by atomic mass is 10.0. The molecule has 0 saturated carbocycles. The number of fused-ring (bicyclic) bond motifs is 1. The van der Waals surface area contributed by atoms with Crippen LogP contribution in [0.5, 0.6) is 0 Å². The van der Waals surface area contributed by atoms with Gasteiger partial charge in [-0.25, -0.2) is 23.9 Å². The van der Waals surface area contributed by atoms with Crippen LogP contribution >= 0.6 is 0 Å². The first kappa shape index (κ1) is 31.4. The molecule has 4 heterocycles. The van der Waals surface area contributed by atoms with E-state index in [9.17, 15) is 30.7 Å². The van der Waals surface area contributed by atoms with Gasteiger partial charge in [0.1, 0.15) is 12.2 Å². The van der Waals surface area contributed by atoms with Gasteiger partial charge in [-0.05, 0) is 38.8 Å². The van der Waals surface area contributed by atoms with Crippen LogP contribution < -0.4 is 4.90 Å². The Morgan fingerprint density at radius 2 is 1.53 bits per heavy atom. The highest BCUT2D eigenvalue weighted by Crippen LogP contribution is 2.32. The molecule has 3 saturated heterocycles. The highest BCUT2D eigenvalue weighted by molar-refractivity contribution is 5.73. The van der Waals surface area contributed by atoms with Crippen LogP contribution in [0, 0.1) is 5.82 Å². The Morgan fingerprint density at radius 3 is 2.03 bits per heavy atom. The molecule has 0 spiro atoms. The van der Waals surface area contributed by atoms with Crippen molar-refractivity contribution in [2.75, 3.05) is 44.3 Å². The van der Waals surface area contributed by atoms with E-state index in [0.29, 0.717) is 12.5 Å². The van der Waals surface area contributed by atoms with Gasteiger partial charge in [0.05, 0.1) is 31.6 Å². The predicted molar refractivity (Wildman–Crippen MR) is 115 cm³/mol. The van der Waals surface area contributed by atoms with E-state index in [4.69, 9.17) is 29.3 Å². The smallest absolute Gasteiger partial charge is 0.475 e. The molecule has 1 aromatic rings. The normalized spacial score (nSPS) is 23.6. The summed E-state index contributed by atoms with van der Waals surface area (Å²) in [7, 11) is 0. The Balaban J connectivity index is 0.000000301. The molecule has 3 atom stereocenters. The summed E-state index contributed by atoms with van der Waals surface area (Å²) in [5.74, 6) is -5.35. The number of carboxylic acids is 2. The zero-order chi connectivity index (χ0) is 28.5. The largest absolute Gasteiger partial charge is 0.490 e. The highest BCUT2D eigenvalue weighted by Gasteiger charge is 2.46. The third-order valence-corrected chi connectivity index (χ3v) is 5.76. The van der Waals surface area contributed by atoms with Crippen LogP contribution in [0.15, 0.2) is 12.4 Å². The van der Waals surface area contributed by atoms with Gasteiger partial charge >= 0.3 is 24.3 Å². The molecule has 4 rings (SSSR count). The minimum atomic E-state index is -5.08. The van der Waals surface area contributed by atoms with Crippen LogP contribution in [0.1, 0.15) is 25.7 Å². The maximum Gasteiger partial charge on any atom is 0.490 e. The molecular weight excluding hydrogens is 537 g/mol. The number of alkyl halides is 6. The number of hydrogen-bond donors (Lipinski definition) is 2. The Hall–Kier alpha value is -2.79. The zero-order valence-corrected chi connectivity index (χ0v) is 19.9. The average Bonchev–Trinajstić information content (AvgIpc) is 3.48. The van der Waals surface area contributed by atoms with Crippen LogP contribution in [0.2, 0.25) is 0 Å². The van der Waals surface area contributed by atoms with Crippen molar-refractivity contribution < 1.29 is 60.0 Å². The summed E-state index contributed by atoms with van der Waals surface area (Å²) in [6.07, 6.45) is -2.96. The molecule has 38 heavy (non-hydrogen) atoms. The van der Waals surface area contributed by atoms with Crippen molar-refractivity contribution in [3.63, 3.8) is 0 Å². The van der Waals surface area contributed by atoms with E-state index in [1.807, 2.05) is 0 Å². The number of nitrogens with zero attached hydrogens (tertiary/aromatic N) is 4. The number of hydrogen-bond acceptors (Lipinski definition) is 8. The van der Waals surface area contributed by atoms with Gasteiger partial charge in [-0.1, -0.05) is 0 Å². The van der Waals surface area contributed by atoms with Gasteiger partial charge in [0, 0.05) is 13.2 Å². The minimum Gasteiger partial charge on any atom is -0.475 e. The summed E-state index contributed by atoms with van der Waals surface area (Å²) < 4.78 is 88.7. The molecular formula is C21H27F7N4O6. The van der Waals surface area contributed by atoms with Gasteiger partial charge in [-0.2, -0.15) is 26.3 Å². The van der Waals surface area contributed by atoms with E-state index in [-0.39, 0.29) is 18.2 Å². The van der Waals surface area contributed by atoms with E-state index in [2.05, 4.69) is 19.8 Å². The van der Waals surface area contributed by atoms with Crippen molar-refractivity contribution in [1.29, 1.82) is 0 Å². The van der Waals surface area contributed by atoms with Gasteiger partial charge in [0.2, 0.25) is 5.95 Å². The number of anilines is 1. The maximum absolute atomic E-state index is 13.1. The Morgan fingerprint density at radius 1 is 1.00 bits per heavy atom. The van der Waals surface area contributed by atoms with Crippen molar-refractivity contribution in [1.82, 2.24) is 14.9 Å². The van der Waals surface area contributed by atoms with Gasteiger partial charge < -0.3 is 29.5 Å². The molecule has 0 amide bonds. The quantitative estimate of drug-likeness (QED) is 0.516. The zero-order valence-electron chi connectivity index (χ0n) is 19.9. The number of carboxylic acid groups (broad SMARTS) is 2. The molecule has 3 aliphatic heterocycles. The topological polar surface area (TPSA) is 125 Å². The molecule has 0 aliphatic carbocycles. The van der Waals surface area contributed by atoms with E-state index in [1.165, 1.54) is 38.3 Å². The number of carbonyl (C=O) groups is 2. The van der Waals surface area contributed by atoms with Crippen LogP contribution in [0.25, 0.3) is 0 Å². The Bertz CT molecular complexity index is 874. The third-order valence-electron chi connectivity index (χ3n) is 5.76. The summed E-state index contributed by atoms with van der Waals surface area (Å²) >= 11 is 0. The first-order valence-corrected chi connectivity index (χ1v) is 11.5. The monoisotopic (exact) mass is 564 g/mol. The summed E-state index contributed by atoms with van der Waals surface area (Å²) in [6, 6.07) is 0.223. The molecule has 10 nitrogen and oxygen atoms in total. The van der Waals surface area contributed by atoms with Crippen LogP contribution in [-0.2, 0) is 19.1 Å². The molecule has 0 aromatic carbocycles. The third kappa shape index (κ3) is 9.83. The number of aliphatic carboxylic acids is 2. The molecule has 3 fully saturated rings. The fourth-order valence-electron chi connectivity index (χ4n) is 4.08. The molecule has 1 aromatic heterocycles. The van der Waals surface area contributed by atoms with Crippen molar-refractivity contribution in [2.24, 2.45) is 0 Å². The van der Waals surface area contributed by atoms with E-state index < -0.39 is 30.1 Å². The number of halogens is 7. The van der Waals surface area contributed by atoms with Crippen LogP contribution in [0.4, 0.5) is 36.7 Å². The summed E-state index contributed by atoms with van der Waals surface area (Å²) in [5.41, 5.74) is 0. The van der Waals surface area contributed by atoms with Gasteiger partial charge in [-0.3, -0.25) is 0 Å². The lowest BCUT2D eigenvalue weighted by Crippen LogP contribution is -2.42. The fourth-order valence-corrected chi connectivity index (χ4v) is 4.08. The molecule has 2 N–H and O–H groups in total. The molecule has 17 heteroatoms. The second-order valence-corrected chi connectivity index (χ2v) is 8.46. The molecule has 3 aliphatic rings. The number of aromatic nitrogens is 2. The van der Waals surface area contributed by atoms with Gasteiger partial charge in [0.15, 0.2) is 5.82 Å². The van der Waals surface area contributed by atoms with Gasteiger partial charge in [-0.15, -0.1) is 0 Å². The summed E-state index contributed by atoms with van der Waals surface area (Å²) in [6.45, 7) is 5.58. The summed E-state index contributed by atoms with van der Waals surface area (Å²) in [4.78, 5) is 30.7. The molecule has 0 radical (unpaired) electrons. The Kier molecular flexibility index (Phi) is 11.4. The van der Waals surface area contributed by atoms with Crippen LogP contribution in [0.3, 0.4) is 0 Å². The lowest BCUT2D eigenvalue weighted by Gasteiger charge is -2.32. The predicted octanol–water partition coefficient (Wildman–Crippen LogP) is 2.73. The second-order valence-electron chi connectivity index (χ2n) is 8.46. The SMILES string of the molecule is Fc1cnc(N2C[C@H](OCCN3CCCC3)[C@H]3OCCC[C@H]32)nc1.O=C(O)C(F)(F)F.O=C(O)C(F)(F)F. The molecule has 0 bridgehead atoms. The minimum absolute atomic E-state index is 0.0338. The van der Waals surface area contributed by atoms with Gasteiger partial charge in [0.25, 0.3) is 0 Å². The fraction of sp³-hybridized carbons (Fsp3) is 0.714. The van der Waals surface area contributed by atoms with E-state index in [1.54, 1.807) is 0 Å². The van der Waals surface area contributed by atoms with Crippen molar-refractivity contribution >= 4 is 17.9 Å². The maximum atomic E-state index is 13.1. The Labute approximate surface area is 212 Å². The number of likely N-dealkylation sites (tertiary alicyclic amines) is 1. The van der Waals surface area contributed by atoms with E-state index >= 15 is 0 Å². The standard InChI is InChI=1S/C17H25FN4O2.2C2HF3O2/c18-13-10-19-17(20-11-13)22-12-15(16-14(22)4-3-8-24-16)23-9-7-21-5-1-2-6-21;2*3-2(4,5)1(6)7/h10-11,14-16H,1-9,12H2;2*(H,6,7)/t14-,15+,16+;;/m1../s1.